The minimum absolute atomic E-state index is 0.0610. The SMILES string of the molecule is CCCCCCCC/C=C\CCCCCCCC(N)=O.CCCCCCCCCCCCCCCCCCP(=O)(O)O. The zero-order valence-electron chi connectivity index (χ0n) is 28.3. The van der Waals surface area contributed by atoms with E-state index < -0.39 is 7.60 Å². The lowest BCUT2D eigenvalue weighted by atomic mass is 10.0. The summed E-state index contributed by atoms with van der Waals surface area (Å²) in [5.41, 5.74) is 5.10. The molecule has 0 aliphatic heterocycles. The van der Waals surface area contributed by atoms with E-state index in [1.807, 2.05) is 0 Å². The molecule has 0 saturated heterocycles. The molecule has 0 aliphatic rings. The second kappa shape index (κ2) is 36.6. The fraction of sp³-hybridized carbons (Fsp3) is 0.917. The molecule has 0 unspecified atom stereocenters. The molecule has 0 atom stereocenters. The number of hydrogen-bond acceptors (Lipinski definition) is 2. The van der Waals surface area contributed by atoms with Crippen molar-refractivity contribution in [2.45, 2.75) is 206 Å². The highest BCUT2D eigenvalue weighted by Crippen LogP contribution is 2.35. The van der Waals surface area contributed by atoms with Crippen LogP contribution in [0.4, 0.5) is 0 Å². The Hall–Kier alpha value is -0.640. The molecule has 0 rings (SSSR count). The molecule has 0 aromatic carbocycles. The number of rotatable bonds is 32. The van der Waals surface area contributed by atoms with Gasteiger partial charge in [0.2, 0.25) is 5.91 Å². The fourth-order valence-corrected chi connectivity index (χ4v) is 5.87. The standard InChI is InChI=1S/C18H35NO.C18H39O3P/c1-2-3-4-5-6-7-8-9-10-11-12-13-14-15-16-17-18(19)20;1-2-3-4-5-6-7-8-9-10-11-12-13-14-15-16-17-18-22(19,20)21/h9-10H,2-8,11-17H2,1H3,(H2,19,20);2-18H2,1H3,(H2,19,20,21)/b10-9-;. The summed E-state index contributed by atoms with van der Waals surface area (Å²) in [5, 5.41) is 0. The third kappa shape index (κ3) is 46.3. The fourth-order valence-electron chi connectivity index (χ4n) is 5.24. The average molecular weight is 616 g/mol. The molecule has 0 radical (unpaired) electrons. The maximum Gasteiger partial charge on any atom is 0.325 e. The van der Waals surface area contributed by atoms with E-state index in [0.717, 1.165) is 25.7 Å². The summed E-state index contributed by atoms with van der Waals surface area (Å²) >= 11 is 0. The van der Waals surface area contributed by atoms with Gasteiger partial charge in [-0.25, -0.2) is 0 Å². The van der Waals surface area contributed by atoms with Crippen LogP contribution in [0.5, 0.6) is 0 Å². The lowest BCUT2D eigenvalue weighted by Gasteiger charge is -2.04. The Morgan fingerprint density at radius 2 is 0.786 bits per heavy atom. The minimum Gasteiger partial charge on any atom is -0.370 e. The van der Waals surface area contributed by atoms with Gasteiger partial charge in [-0.3, -0.25) is 9.36 Å². The third-order valence-electron chi connectivity index (χ3n) is 7.99. The maximum atomic E-state index is 10.7. The van der Waals surface area contributed by atoms with E-state index in [-0.39, 0.29) is 12.1 Å². The molecule has 0 bridgehead atoms. The van der Waals surface area contributed by atoms with Gasteiger partial charge in [-0.2, -0.15) is 0 Å². The van der Waals surface area contributed by atoms with Crippen LogP contribution < -0.4 is 5.73 Å². The van der Waals surface area contributed by atoms with Crippen molar-refractivity contribution in [1.29, 1.82) is 0 Å². The first-order chi connectivity index (χ1) is 20.3. The highest BCUT2D eigenvalue weighted by Gasteiger charge is 2.10. The van der Waals surface area contributed by atoms with E-state index in [2.05, 4.69) is 26.0 Å². The van der Waals surface area contributed by atoms with Gasteiger partial charge in [-0.15, -0.1) is 0 Å². The van der Waals surface area contributed by atoms with Crippen LogP contribution in [0.15, 0.2) is 12.2 Å². The van der Waals surface area contributed by atoms with Gasteiger partial charge in [0.25, 0.3) is 0 Å². The molecule has 0 aromatic rings. The lowest BCUT2D eigenvalue weighted by Crippen LogP contribution is -2.09. The molecule has 5 nitrogen and oxygen atoms in total. The Morgan fingerprint density at radius 1 is 0.500 bits per heavy atom. The molecule has 0 heterocycles. The van der Waals surface area contributed by atoms with Gasteiger partial charge in [0, 0.05) is 12.6 Å². The van der Waals surface area contributed by atoms with Gasteiger partial charge in [-0.05, 0) is 38.5 Å². The normalized spacial score (nSPS) is 11.6. The van der Waals surface area contributed by atoms with Crippen LogP contribution in [-0.4, -0.2) is 21.9 Å². The summed E-state index contributed by atoms with van der Waals surface area (Å²) in [6.07, 6.45) is 42.6. The van der Waals surface area contributed by atoms with Crippen molar-refractivity contribution in [2.24, 2.45) is 5.73 Å². The summed E-state index contributed by atoms with van der Waals surface area (Å²) < 4.78 is 10.7. The van der Waals surface area contributed by atoms with Crippen molar-refractivity contribution in [1.82, 2.24) is 0 Å². The molecule has 6 heteroatoms. The minimum atomic E-state index is -3.75. The van der Waals surface area contributed by atoms with Crippen LogP contribution in [0.25, 0.3) is 0 Å². The molecule has 0 saturated carbocycles. The third-order valence-corrected chi connectivity index (χ3v) is 8.89. The van der Waals surface area contributed by atoms with Crippen LogP contribution in [-0.2, 0) is 9.36 Å². The largest absolute Gasteiger partial charge is 0.370 e. The number of hydrogen-bond donors (Lipinski definition) is 3. The Morgan fingerprint density at radius 3 is 1.10 bits per heavy atom. The van der Waals surface area contributed by atoms with Crippen LogP contribution in [0, 0.1) is 0 Å². The molecule has 0 aliphatic carbocycles. The summed E-state index contributed by atoms with van der Waals surface area (Å²) in [6.45, 7) is 4.53. The van der Waals surface area contributed by atoms with Gasteiger partial charge >= 0.3 is 7.60 Å². The van der Waals surface area contributed by atoms with Gasteiger partial charge < -0.3 is 15.5 Å². The number of carbonyl (C=O) groups excluding carboxylic acids is 1. The number of allylic oxidation sites excluding steroid dienone is 2. The zero-order chi connectivity index (χ0) is 31.4. The van der Waals surface area contributed by atoms with Gasteiger partial charge in [0.05, 0.1) is 0 Å². The van der Waals surface area contributed by atoms with Crippen LogP contribution in [0.3, 0.4) is 0 Å². The molecule has 1 amide bonds. The number of unbranched alkanes of at least 4 members (excludes halogenated alkanes) is 26. The number of amides is 1. The van der Waals surface area contributed by atoms with Gasteiger partial charge in [0.15, 0.2) is 0 Å². The molecule has 42 heavy (non-hydrogen) atoms. The van der Waals surface area contributed by atoms with Crippen molar-refractivity contribution in [2.75, 3.05) is 6.16 Å². The number of carbonyl (C=O) groups is 1. The van der Waals surface area contributed by atoms with E-state index in [1.54, 1.807) is 0 Å². The van der Waals surface area contributed by atoms with Gasteiger partial charge in [0.1, 0.15) is 0 Å². The molecule has 0 fully saturated rings. The number of nitrogens with two attached hydrogens (primary N) is 1. The highest BCUT2D eigenvalue weighted by atomic mass is 31.2. The van der Waals surface area contributed by atoms with Crippen LogP contribution >= 0.6 is 7.60 Å². The van der Waals surface area contributed by atoms with E-state index in [4.69, 9.17) is 15.5 Å². The molecular formula is C36H74NO4P. The average Bonchev–Trinajstić information content (AvgIpc) is 2.94. The predicted octanol–water partition coefficient (Wildman–Crippen LogP) is 11.9. The topological polar surface area (TPSA) is 101 Å². The summed E-state index contributed by atoms with van der Waals surface area (Å²) in [4.78, 5) is 28.0. The molecule has 0 aromatic heterocycles. The summed E-state index contributed by atoms with van der Waals surface area (Å²) in [6, 6.07) is 0. The van der Waals surface area contributed by atoms with Crippen molar-refractivity contribution >= 4 is 13.5 Å². The quantitative estimate of drug-likeness (QED) is 0.0398. The van der Waals surface area contributed by atoms with Crippen molar-refractivity contribution in [3.8, 4) is 0 Å². The second-order valence-corrected chi connectivity index (χ2v) is 14.3. The Bertz CT molecular complexity index is 605. The first-order valence-electron chi connectivity index (χ1n) is 18.3. The van der Waals surface area contributed by atoms with Crippen LogP contribution in [0.1, 0.15) is 206 Å². The van der Waals surface area contributed by atoms with E-state index >= 15 is 0 Å². The Balaban J connectivity index is 0. The van der Waals surface area contributed by atoms with Gasteiger partial charge in [-0.1, -0.05) is 174 Å². The Labute approximate surface area is 262 Å². The second-order valence-electron chi connectivity index (χ2n) is 12.5. The monoisotopic (exact) mass is 616 g/mol. The number of primary amides is 1. The molecule has 252 valence electrons. The molecule has 0 spiro atoms. The van der Waals surface area contributed by atoms with Crippen molar-refractivity contribution < 1.29 is 19.1 Å². The van der Waals surface area contributed by atoms with E-state index in [1.165, 1.54) is 154 Å². The summed E-state index contributed by atoms with van der Waals surface area (Å²) in [5.74, 6) is -0.164. The van der Waals surface area contributed by atoms with E-state index in [0.29, 0.717) is 12.8 Å². The first kappa shape index (κ1) is 43.5. The zero-order valence-corrected chi connectivity index (χ0v) is 29.2. The smallest absolute Gasteiger partial charge is 0.325 e. The molecule has 4 N–H and O–H groups in total. The maximum absolute atomic E-state index is 10.7. The van der Waals surface area contributed by atoms with Crippen molar-refractivity contribution in [3.63, 3.8) is 0 Å². The van der Waals surface area contributed by atoms with Crippen LogP contribution in [0.2, 0.25) is 0 Å². The van der Waals surface area contributed by atoms with Crippen molar-refractivity contribution in [3.05, 3.63) is 12.2 Å². The molecular weight excluding hydrogens is 541 g/mol. The highest BCUT2D eigenvalue weighted by molar-refractivity contribution is 7.51. The lowest BCUT2D eigenvalue weighted by molar-refractivity contribution is -0.118. The summed E-state index contributed by atoms with van der Waals surface area (Å²) in [7, 11) is -3.75. The predicted molar refractivity (Wildman–Crippen MR) is 185 cm³/mol. The first-order valence-corrected chi connectivity index (χ1v) is 20.1. The van der Waals surface area contributed by atoms with E-state index in [9.17, 15) is 9.36 Å². The Kier molecular flexibility index (Phi) is 37.8.